The van der Waals surface area contributed by atoms with Crippen LogP contribution in [0.15, 0.2) is 18.2 Å². The van der Waals surface area contributed by atoms with Crippen LogP contribution in [0.4, 0.5) is 5.82 Å². The number of amides is 1. The van der Waals surface area contributed by atoms with Crippen molar-refractivity contribution in [2.45, 2.75) is 25.4 Å². The Bertz CT molecular complexity index is 558. The van der Waals surface area contributed by atoms with Gasteiger partial charge in [0.1, 0.15) is 11.9 Å². The Morgan fingerprint density at radius 1 is 1.25 bits per heavy atom. The van der Waals surface area contributed by atoms with Crippen LogP contribution in [-0.4, -0.2) is 74.1 Å². The Hall–Kier alpha value is -1.66. The van der Waals surface area contributed by atoms with Gasteiger partial charge in [0, 0.05) is 20.6 Å². The van der Waals surface area contributed by atoms with E-state index in [0.29, 0.717) is 26.2 Å². The van der Waals surface area contributed by atoms with Gasteiger partial charge < -0.3 is 14.5 Å². The highest BCUT2D eigenvalue weighted by Gasteiger charge is 2.27. The van der Waals surface area contributed by atoms with E-state index < -0.39 is 0 Å². The summed E-state index contributed by atoms with van der Waals surface area (Å²) in [4.78, 5) is 23.5. The molecule has 24 heavy (non-hydrogen) atoms. The van der Waals surface area contributed by atoms with Gasteiger partial charge >= 0.3 is 0 Å². The lowest BCUT2D eigenvalue weighted by atomic mass is 10.1. The smallest absolute Gasteiger partial charge is 0.236 e. The van der Waals surface area contributed by atoms with Gasteiger partial charge in [0.2, 0.25) is 5.91 Å². The maximum absolute atomic E-state index is 12.6. The van der Waals surface area contributed by atoms with E-state index in [4.69, 9.17) is 4.74 Å². The standard InChI is InChI=1S/C18H28N4O2/c1-20(2)17-8-6-7-15(19-17)16-13-22(11-12-24-16)18(23)14-21-9-4-3-5-10-21/h6-8,16H,3-5,9-14H2,1-2H3/t16-/m1/s1. The zero-order valence-electron chi connectivity index (χ0n) is 14.8. The number of anilines is 1. The molecule has 1 aromatic rings. The molecule has 132 valence electrons. The molecule has 0 spiro atoms. The molecule has 1 atom stereocenters. The van der Waals surface area contributed by atoms with Gasteiger partial charge in [0.15, 0.2) is 0 Å². The maximum atomic E-state index is 12.6. The third-order valence-corrected chi connectivity index (χ3v) is 4.77. The minimum atomic E-state index is -0.135. The Kier molecular flexibility index (Phi) is 5.68. The monoisotopic (exact) mass is 332 g/mol. The molecule has 2 saturated heterocycles. The van der Waals surface area contributed by atoms with Crippen molar-refractivity contribution in [2.24, 2.45) is 0 Å². The van der Waals surface area contributed by atoms with Crippen molar-refractivity contribution in [2.75, 3.05) is 58.3 Å². The SMILES string of the molecule is CN(C)c1cccc([C@H]2CN(C(=O)CN3CCCCC3)CCO2)n1. The first-order valence-corrected chi connectivity index (χ1v) is 8.89. The lowest BCUT2D eigenvalue weighted by Crippen LogP contribution is -2.47. The zero-order chi connectivity index (χ0) is 16.9. The number of nitrogens with zero attached hydrogens (tertiary/aromatic N) is 4. The number of rotatable bonds is 4. The van der Waals surface area contributed by atoms with Crippen LogP contribution >= 0.6 is 0 Å². The molecule has 2 fully saturated rings. The Morgan fingerprint density at radius 2 is 2.04 bits per heavy atom. The fourth-order valence-electron chi connectivity index (χ4n) is 3.33. The van der Waals surface area contributed by atoms with Gasteiger partial charge in [-0.3, -0.25) is 9.69 Å². The molecular formula is C18H28N4O2. The molecule has 0 N–H and O–H groups in total. The average Bonchev–Trinajstić information content (AvgIpc) is 2.63. The second kappa shape index (κ2) is 7.94. The number of piperidine rings is 1. The normalized spacial score (nSPS) is 22.4. The first-order valence-electron chi connectivity index (χ1n) is 8.89. The summed E-state index contributed by atoms with van der Waals surface area (Å²) in [6.45, 7) is 4.48. The van der Waals surface area contributed by atoms with Crippen molar-refractivity contribution in [3.8, 4) is 0 Å². The molecule has 0 unspecified atom stereocenters. The lowest BCUT2D eigenvalue weighted by molar-refractivity contribution is -0.140. The maximum Gasteiger partial charge on any atom is 0.236 e. The summed E-state index contributed by atoms with van der Waals surface area (Å²) in [6.07, 6.45) is 3.57. The molecule has 6 heteroatoms. The largest absolute Gasteiger partial charge is 0.368 e. The summed E-state index contributed by atoms with van der Waals surface area (Å²) in [6, 6.07) is 5.96. The summed E-state index contributed by atoms with van der Waals surface area (Å²) in [5.74, 6) is 1.13. The van der Waals surface area contributed by atoms with Crippen LogP contribution in [0.3, 0.4) is 0 Å². The number of likely N-dealkylation sites (tertiary alicyclic amines) is 1. The van der Waals surface area contributed by atoms with Crippen molar-refractivity contribution in [1.82, 2.24) is 14.8 Å². The van der Waals surface area contributed by atoms with Gasteiger partial charge in [-0.25, -0.2) is 4.98 Å². The van der Waals surface area contributed by atoms with Gasteiger partial charge in [-0.2, -0.15) is 0 Å². The first-order chi connectivity index (χ1) is 11.6. The summed E-state index contributed by atoms with van der Waals surface area (Å²) in [5.41, 5.74) is 0.900. The highest BCUT2D eigenvalue weighted by Crippen LogP contribution is 2.23. The third kappa shape index (κ3) is 4.24. The summed E-state index contributed by atoms with van der Waals surface area (Å²) < 4.78 is 5.88. The zero-order valence-corrected chi connectivity index (χ0v) is 14.8. The predicted octanol–water partition coefficient (Wildman–Crippen LogP) is 1.53. The highest BCUT2D eigenvalue weighted by molar-refractivity contribution is 5.78. The molecule has 0 saturated carbocycles. The van der Waals surface area contributed by atoms with Gasteiger partial charge in [0.05, 0.1) is 25.4 Å². The molecule has 1 aromatic heterocycles. The number of hydrogen-bond acceptors (Lipinski definition) is 5. The molecular weight excluding hydrogens is 304 g/mol. The lowest BCUT2D eigenvalue weighted by Gasteiger charge is -2.35. The average molecular weight is 332 g/mol. The van der Waals surface area contributed by atoms with Crippen molar-refractivity contribution in [3.05, 3.63) is 23.9 Å². The molecule has 0 aromatic carbocycles. The highest BCUT2D eigenvalue weighted by atomic mass is 16.5. The van der Waals surface area contributed by atoms with Crippen LogP contribution in [0.5, 0.6) is 0 Å². The Morgan fingerprint density at radius 3 is 2.79 bits per heavy atom. The second-order valence-electron chi connectivity index (χ2n) is 6.85. The molecule has 0 bridgehead atoms. The van der Waals surface area contributed by atoms with Gasteiger partial charge in [-0.1, -0.05) is 12.5 Å². The minimum absolute atomic E-state index is 0.135. The van der Waals surface area contributed by atoms with Gasteiger partial charge in [0.25, 0.3) is 0 Å². The number of ether oxygens (including phenoxy) is 1. The van der Waals surface area contributed by atoms with E-state index in [2.05, 4.69) is 9.88 Å². The first kappa shape index (κ1) is 17.2. The summed E-state index contributed by atoms with van der Waals surface area (Å²) in [5, 5.41) is 0. The van der Waals surface area contributed by atoms with E-state index >= 15 is 0 Å². The van der Waals surface area contributed by atoms with Crippen molar-refractivity contribution in [3.63, 3.8) is 0 Å². The number of aromatic nitrogens is 1. The Balaban J connectivity index is 1.61. The molecule has 2 aliphatic heterocycles. The molecule has 3 heterocycles. The molecule has 0 aliphatic carbocycles. The van der Waals surface area contributed by atoms with E-state index in [1.807, 2.05) is 42.1 Å². The van der Waals surface area contributed by atoms with E-state index in [1.165, 1.54) is 19.3 Å². The molecule has 6 nitrogen and oxygen atoms in total. The van der Waals surface area contributed by atoms with Crippen molar-refractivity contribution >= 4 is 11.7 Å². The number of pyridine rings is 1. The van der Waals surface area contributed by atoms with E-state index in [1.54, 1.807) is 0 Å². The summed E-state index contributed by atoms with van der Waals surface area (Å²) in [7, 11) is 3.95. The van der Waals surface area contributed by atoms with Crippen LogP contribution in [-0.2, 0) is 9.53 Å². The fraction of sp³-hybridized carbons (Fsp3) is 0.667. The van der Waals surface area contributed by atoms with Crippen molar-refractivity contribution < 1.29 is 9.53 Å². The minimum Gasteiger partial charge on any atom is -0.368 e. The van der Waals surface area contributed by atoms with Crippen LogP contribution in [0.1, 0.15) is 31.1 Å². The number of hydrogen-bond donors (Lipinski definition) is 0. The van der Waals surface area contributed by atoms with E-state index in [9.17, 15) is 4.79 Å². The quantitative estimate of drug-likeness (QED) is 0.837. The molecule has 1 amide bonds. The summed E-state index contributed by atoms with van der Waals surface area (Å²) >= 11 is 0. The van der Waals surface area contributed by atoms with Gasteiger partial charge in [-0.05, 0) is 38.1 Å². The van der Waals surface area contributed by atoms with E-state index in [0.717, 1.165) is 24.6 Å². The molecule has 2 aliphatic rings. The Labute approximate surface area is 144 Å². The van der Waals surface area contributed by atoms with Crippen LogP contribution in [0.25, 0.3) is 0 Å². The molecule has 3 rings (SSSR count). The van der Waals surface area contributed by atoms with Crippen molar-refractivity contribution in [1.29, 1.82) is 0 Å². The van der Waals surface area contributed by atoms with E-state index in [-0.39, 0.29) is 12.0 Å². The van der Waals surface area contributed by atoms with Crippen LogP contribution in [0.2, 0.25) is 0 Å². The topological polar surface area (TPSA) is 48.9 Å². The number of morpholine rings is 1. The number of carbonyl (C=O) groups is 1. The molecule has 0 radical (unpaired) electrons. The van der Waals surface area contributed by atoms with Crippen LogP contribution in [0, 0.1) is 0 Å². The predicted molar refractivity (Wildman–Crippen MR) is 94.1 cm³/mol. The van der Waals surface area contributed by atoms with Crippen LogP contribution < -0.4 is 4.90 Å². The number of carbonyl (C=O) groups excluding carboxylic acids is 1. The van der Waals surface area contributed by atoms with Gasteiger partial charge in [-0.15, -0.1) is 0 Å². The third-order valence-electron chi connectivity index (χ3n) is 4.77. The fourth-order valence-corrected chi connectivity index (χ4v) is 3.33. The second-order valence-corrected chi connectivity index (χ2v) is 6.85.